The maximum absolute atomic E-state index is 11.7. The van der Waals surface area contributed by atoms with Crippen molar-refractivity contribution in [1.29, 1.82) is 0 Å². The minimum absolute atomic E-state index is 0.177. The van der Waals surface area contributed by atoms with Gasteiger partial charge in [-0.25, -0.2) is 8.42 Å². The molecule has 3 nitrogen and oxygen atoms in total. The van der Waals surface area contributed by atoms with E-state index < -0.39 is 10.0 Å². The maximum Gasteiger partial charge on any atom is 0.232 e. The molecule has 0 spiro atoms. The first kappa shape index (κ1) is 13.8. The Labute approximate surface area is 111 Å². The van der Waals surface area contributed by atoms with Crippen molar-refractivity contribution >= 4 is 38.3 Å². The Morgan fingerprint density at radius 1 is 1.38 bits per heavy atom. The van der Waals surface area contributed by atoms with Gasteiger partial charge in [0.1, 0.15) is 0 Å². The molecule has 0 bridgehead atoms. The summed E-state index contributed by atoms with van der Waals surface area (Å²) in [4.78, 5) is 0. The molecule has 0 unspecified atom stereocenters. The van der Waals surface area contributed by atoms with Crippen LogP contribution in [0.5, 0.6) is 0 Å². The maximum atomic E-state index is 11.7. The first-order valence-electron chi connectivity index (χ1n) is 5.15. The van der Waals surface area contributed by atoms with Crippen LogP contribution in [0.4, 0.5) is 5.69 Å². The van der Waals surface area contributed by atoms with Gasteiger partial charge in [-0.15, -0.1) is 0 Å². The molecule has 1 aromatic carbocycles. The van der Waals surface area contributed by atoms with E-state index in [0.717, 1.165) is 3.57 Å². The molecule has 1 rings (SSSR count). The fraction of sp³-hybridized carbons (Fsp3) is 0.455. The van der Waals surface area contributed by atoms with Crippen molar-refractivity contribution in [3.8, 4) is 0 Å². The van der Waals surface area contributed by atoms with E-state index in [-0.39, 0.29) is 5.75 Å². The Morgan fingerprint density at radius 2 is 2.06 bits per heavy atom. The Balaban J connectivity index is 2.66. The van der Waals surface area contributed by atoms with Gasteiger partial charge in [0.25, 0.3) is 0 Å². The molecule has 0 saturated heterocycles. The normalized spacial score (nSPS) is 11.8. The van der Waals surface area contributed by atoms with Gasteiger partial charge < -0.3 is 0 Å². The summed E-state index contributed by atoms with van der Waals surface area (Å²) >= 11 is 2.15. The fourth-order valence-corrected chi connectivity index (χ4v) is 3.09. The zero-order chi connectivity index (χ0) is 12.2. The Bertz CT molecular complexity index is 443. The van der Waals surface area contributed by atoms with Gasteiger partial charge in [-0.1, -0.05) is 19.9 Å². The Kier molecular flexibility index (Phi) is 5.04. The minimum Gasteiger partial charge on any atom is -0.284 e. The predicted octanol–water partition coefficient (Wildman–Crippen LogP) is 3.08. The molecule has 0 amide bonds. The van der Waals surface area contributed by atoms with E-state index in [0.29, 0.717) is 18.0 Å². The summed E-state index contributed by atoms with van der Waals surface area (Å²) < 4.78 is 27.0. The van der Waals surface area contributed by atoms with Crippen LogP contribution >= 0.6 is 22.6 Å². The first-order valence-corrected chi connectivity index (χ1v) is 7.88. The molecule has 5 heteroatoms. The van der Waals surface area contributed by atoms with Crippen molar-refractivity contribution in [3.05, 3.63) is 27.8 Å². The highest BCUT2D eigenvalue weighted by Gasteiger charge is 2.11. The molecular weight excluding hydrogens is 337 g/mol. The lowest BCUT2D eigenvalue weighted by Gasteiger charge is -2.09. The summed E-state index contributed by atoms with van der Waals surface area (Å²) in [7, 11) is -3.20. The summed E-state index contributed by atoms with van der Waals surface area (Å²) in [5.74, 6) is 0.573. The highest BCUT2D eigenvalue weighted by atomic mass is 127. The molecule has 0 atom stereocenters. The molecule has 0 saturated carbocycles. The summed E-state index contributed by atoms with van der Waals surface area (Å²) in [6, 6.07) is 7.33. The van der Waals surface area contributed by atoms with Crippen LogP contribution < -0.4 is 4.72 Å². The number of benzene rings is 1. The van der Waals surface area contributed by atoms with Crippen LogP contribution in [0.2, 0.25) is 0 Å². The van der Waals surface area contributed by atoms with Crippen LogP contribution in [0.15, 0.2) is 24.3 Å². The van der Waals surface area contributed by atoms with E-state index in [4.69, 9.17) is 0 Å². The second-order valence-corrected chi connectivity index (χ2v) is 7.20. The molecule has 0 radical (unpaired) electrons. The smallest absolute Gasteiger partial charge is 0.232 e. The Hall–Kier alpha value is -0.300. The van der Waals surface area contributed by atoms with Crippen molar-refractivity contribution in [2.45, 2.75) is 20.3 Å². The number of hydrogen-bond acceptors (Lipinski definition) is 2. The Morgan fingerprint density at radius 3 is 2.62 bits per heavy atom. The number of rotatable bonds is 5. The van der Waals surface area contributed by atoms with Crippen molar-refractivity contribution < 1.29 is 8.42 Å². The lowest BCUT2D eigenvalue weighted by molar-refractivity contribution is 0.578. The van der Waals surface area contributed by atoms with Gasteiger partial charge in [-0.3, -0.25) is 4.72 Å². The van der Waals surface area contributed by atoms with E-state index in [9.17, 15) is 8.42 Å². The van der Waals surface area contributed by atoms with E-state index >= 15 is 0 Å². The fourth-order valence-electron chi connectivity index (χ4n) is 1.17. The van der Waals surface area contributed by atoms with E-state index in [1.165, 1.54) is 0 Å². The SMILES string of the molecule is CC(C)CCS(=O)(=O)Nc1cccc(I)c1. The van der Waals surface area contributed by atoms with Gasteiger partial charge in [0.05, 0.1) is 5.75 Å². The molecule has 16 heavy (non-hydrogen) atoms. The van der Waals surface area contributed by atoms with Crippen LogP contribution in [0.1, 0.15) is 20.3 Å². The van der Waals surface area contributed by atoms with Crippen LogP contribution in [0, 0.1) is 9.49 Å². The van der Waals surface area contributed by atoms with Crippen molar-refractivity contribution in [1.82, 2.24) is 0 Å². The molecule has 0 heterocycles. The number of anilines is 1. The summed E-state index contributed by atoms with van der Waals surface area (Å²) in [5.41, 5.74) is 0.635. The average molecular weight is 353 g/mol. The second kappa shape index (κ2) is 5.86. The van der Waals surface area contributed by atoms with Gasteiger partial charge in [-0.2, -0.15) is 0 Å². The number of hydrogen-bond donors (Lipinski definition) is 1. The quantitative estimate of drug-likeness (QED) is 0.827. The topological polar surface area (TPSA) is 46.2 Å². The molecule has 0 aliphatic rings. The lowest BCUT2D eigenvalue weighted by Crippen LogP contribution is -2.17. The van der Waals surface area contributed by atoms with E-state index in [1.54, 1.807) is 6.07 Å². The number of sulfonamides is 1. The first-order chi connectivity index (χ1) is 7.39. The third-order valence-electron chi connectivity index (χ3n) is 2.06. The van der Waals surface area contributed by atoms with Crippen LogP contribution in [0.3, 0.4) is 0 Å². The zero-order valence-corrected chi connectivity index (χ0v) is 12.4. The minimum atomic E-state index is -3.20. The monoisotopic (exact) mass is 353 g/mol. The third kappa shape index (κ3) is 5.16. The molecule has 0 aliphatic heterocycles. The largest absolute Gasteiger partial charge is 0.284 e. The summed E-state index contributed by atoms with van der Waals surface area (Å²) in [6.07, 6.45) is 0.680. The number of halogens is 1. The van der Waals surface area contributed by atoms with E-state index in [1.807, 2.05) is 32.0 Å². The zero-order valence-electron chi connectivity index (χ0n) is 9.40. The van der Waals surface area contributed by atoms with Crippen LogP contribution in [-0.2, 0) is 10.0 Å². The predicted molar refractivity (Wildman–Crippen MR) is 76.0 cm³/mol. The van der Waals surface area contributed by atoms with E-state index in [2.05, 4.69) is 27.3 Å². The van der Waals surface area contributed by atoms with Crippen molar-refractivity contribution in [3.63, 3.8) is 0 Å². The van der Waals surface area contributed by atoms with Crippen molar-refractivity contribution in [2.75, 3.05) is 10.5 Å². The average Bonchev–Trinajstić information content (AvgIpc) is 2.14. The molecule has 0 aromatic heterocycles. The van der Waals surface area contributed by atoms with Crippen molar-refractivity contribution in [2.24, 2.45) is 5.92 Å². The summed E-state index contributed by atoms with van der Waals surface area (Å²) in [6.45, 7) is 4.03. The van der Waals surface area contributed by atoms with Gasteiger partial charge in [-0.05, 0) is 53.1 Å². The van der Waals surface area contributed by atoms with Gasteiger partial charge in [0, 0.05) is 9.26 Å². The molecule has 1 N–H and O–H groups in total. The van der Waals surface area contributed by atoms with Gasteiger partial charge in [0.2, 0.25) is 10.0 Å². The standard InChI is InChI=1S/C11H16INO2S/c1-9(2)6-7-16(14,15)13-11-5-3-4-10(12)8-11/h3-5,8-9,13H,6-7H2,1-2H3. The molecule has 90 valence electrons. The summed E-state index contributed by atoms with van der Waals surface area (Å²) in [5, 5.41) is 0. The second-order valence-electron chi connectivity index (χ2n) is 4.11. The van der Waals surface area contributed by atoms with Gasteiger partial charge in [0.15, 0.2) is 0 Å². The number of nitrogens with one attached hydrogen (secondary N) is 1. The van der Waals surface area contributed by atoms with Gasteiger partial charge >= 0.3 is 0 Å². The van der Waals surface area contributed by atoms with Crippen LogP contribution in [0.25, 0.3) is 0 Å². The molecule has 0 aliphatic carbocycles. The highest BCUT2D eigenvalue weighted by Crippen LogP contribution is 2.14. The molecular formula is C11H16INO2S. The molecule has 1 aromatic rings. The third-order valence-corrected chi connectivity index (χ3v) is 4.05. The van der Waals surface area contributed by atoms with Crippen LogP contribution in [-0.4, -0.2) is 14.2 Å². The lowest BCUT2D eigenvalue weighted by atomic mass is 10.2. The highest BCUT2D eigenvalue weighted by molar-refractivity contribution is 14.1. The molecule has 0 fully saturated rings.